The lowest BCUT2D eigenvalue weighted by molar-refractivity contribution is 1.14. The van der Waals surface area contributed by atoms with Gasteiger partial charge in [0.25, 0.3) is 0 Å². The molecule has 0 radical (unpaired) electrons. The average Bonchev–Trinajstić information content (AvgIpc) is 3.78. The van der Waals surface area contributed by atoms with Gasteiger partial charge in [0.05, 0.1) is 51.6 Å². The molecule has 2 heterocycles. The van der Waals surface area contributed by atoms with Crippen LogP contribution in [0.4, 0.5) is 5.69 Å². The van der Waals surface area contributed by atoms with Gasteiger partial charge in [-0.1, -0.05) is 133 Å². The summed E-state index contributed by atoms with van der Waals surface area (Å²) >= 11 is 0. The number of rotatable bonds is 4. The van der Waals surface area contributed by atoms with Gasteiger partial charge in [-0.15, -0.1) is 0 Å². The fourth-order valence-electron chi connectivity index (χ4n) is 8.88. The standard InChI is InChI=1S/C52H30N4/c1-54-51-48(55-44-25-22-37(33-12-4-2-5-13-33)30-42(44)49-40-18-10-8-16-35(40)20-27-46(49)55)29-24-39(32-53)52(51)56-45-26-23-38(34-14-6-3-7-15-34)31-43(45)50-41-19-11-9-17-36(41)21-28-47(50)56/h2-31H. The van der Waals surface area contributed by atoms with E-state index in [4.69, 9.17) is 6.57 Å². The Morgan fingerprint density at radius 2 is 0.911 bits per heavy atom. The van der Waals surface area contributed by atoms with Crippen molar-refractivity contribution in [2.45, 2.75) is 0 Å². The monoisotopic (exact) mass is 710 g/mol. The van der Waals surface area contributed by atoms with Gasteiger partial charge < -0.3 is 9.13 Å². The van der Waals surface area contributed by atoms with Crippen molar-refractivity contribution in [3.63, 3.8) is 0 Å². The summed E-state index contributed by atoms with van der Waals surface area (Å²) in [6, 6.07) is 65.9. The number of benzene rings is 9. The Balaban J connectivity index is 1.26. The molecule has 0 aliphatic carbocycles. The highest BCUT2D eigenvalue weighted by Gasteiger charge is 2.25. The molecule has 0 fully saturated rings. The third kappa shape index (κ3) is 4.57. The molecule has 0 saturated carbocycles. The van der Waals surface area contributed by atoms with Gasteiger partial charge in [0.2, 0.25) is 5.69 Å². The normalized spacial score (nSPS) is 11.5. The SMILES string of the molecule is [C-]#[N+]c1c(-n2c3ccc(-c4ccccc4)cc3c3c4ccccc4ccc32)ccc(C#N)c1-n1c2ccc(-c3ccccc3)cc2c2c3ccccc3ccc21. The number of nitrogens with zero attached hydrogens (tertiary/aromatic N) is 4. The van der Waals surface area contributed by atoms with Crippen LogP contribution in [-0.2, 0) is 0 Å². The maximum atomic E-state index is 10.8. The lowest BCUT2D eigenvalue weighted by Crippen LogP contribution is -2.02. The second kappa shape index (κ2) is 12.3. The molecule has 11 rings (SSSR count). The largest absolute Gasteiger partial charge is 0.319 e. The summed E-state index contributed by atoms with van der Waals surface area (Å²) in [5.74, 6) is 0. The van der Waals surface area contributed by atoms with Crippen molar-refractivity contribution in [2.75, 3.05) is 0 Å². The Morgan fingerprint density at radius 3 is 1.45 bits per heavy atom. The average molecular weight is 711 g/mol. The zero-order chi connectivity index (χ0) is 37.3. The van der Waals surface area contributed by atoms with E-state index in [0.29, 0.717) is 16.9 Å². The molecule has 0 aliphatic heterocycles. The van der Waals surface area contributed by atoms with Crippen molar-refractivity contribution in [3.8, 4) is 39.7 Å². The van der Waals surface area contributed by atoms with E-state index in [1.807, 2.05) is 24.3 Å². The molecule has 0 saturated heterocycles. The highest BCUT2D eigenvalue weighted by atomic mass is 15.1. The molecule has 4 heteroatoms. The van der Waals surface area contributed by atoms with Gasteiger partial charge in [-0.2, -0.15) is 5.26 Å². The summed E-state index contributed by atoms with van der Waals surface area (Å²) < 4.78 is 4.37. The molecule has 0 aliphatic rings. The van der Waals surface area contributed by atoms with Gasteiger partial charge in [0.1, 0.15) is 0 Å². The minimum absolute atomic E-state index is 0.419. The van der Waals surface area contributed by atoms with Crippen molar-refractivity contribution in [3.05, 3.63) is 199 Å². The number of nitriles is 1. The first kappa shape index (κ1) is 31.6. The molecule has 9 aromatic carbocycles. The van der Waals surface area contributed by atoms with Crippen LogP contribution in [-0.4, -0.2) is 9.13 Å². The minimum Gasteiger partial charge on any atom is -0.319 e. The zero-order valence-corrected chi connectivity index (χ0v) is 30.1. The van der Waals surface area contributed by atoms with Gasteiger partial charge in [0, 0.05) is 21.5 Å². The zero-order valence-electron chi connectivity index (χ0n) is 30.1. The second-order valence-corrected chi connectivity index (χ2v) is 14.3. The first-order valence-electron chi connectivity index (χ1n) is 18.7. The van der Waals surface area contributed by atoms with Crippen LogP contribution in [0.2, 0.25) is 0 Å². The minimum atomic E-state index is 0.419. The van der Waals surface area contributed by atoms with E-state index in [9.17, 15) is 5.26 Å². The number of aromatic nitrogens is 2. The van der Waals surface area contributed by atoms with Crippen molar-refractivity contribution in [1.29, 1.82) is 5.26 Å². The lowest BCUT2D eigenvalue weighted by Gasteiger charge is -2.17. The maximum absolute atomic E-state index is 10.8. The van der Waals surface area contributed by atoms with Crippen LogP contribution in [0.25, 0.3) is 104 Å². The van der Waals surface area contributed by atoms with E-state index in [1.165, 1.54) is 0 Å². The van der Waals surface area contributed by atoms with Crippen molar-refractivity contribution >= 4 is 70.8 Å². The molecule has 0 bridgehead atoms. The smallest absolute Gasteiger partial charge is 0.235 e. The van der Waals surface area contributed by atoms with E-state index >= 15 is 0 Å². The number of hydrogen-bond acceptors (Lipinski definition) is 1. The molecule has 56 heavy (non-hydrogen) atoms. The van der Waals surface area contributed by atoms with Gasteiger partial charge in [-0.3, -0.25) is 0 Å². The van der Waals surface area contributed by atoms with Gasteiger partial charge in [0.15, 0.2) is 0 Å². The fraction of sp³-hybridized carbons (Fsp3) is 0. The van der Waals surface area contributed by atoms with E-state index in [-0.39, 0.29) is 0 Å². The lowest BCUT2D eigenvalue weighted by atomic mass is 10.0. The third-order valence-electron chi connectivity index (χ3n) is 11.4. The predicted molar refractivity (Wildman–Crippen MR) is 232 cm³/mol. The second-order valence-electron chi connectivity index (χ2n) is 14.3. The van der Waals surface area contributed by atoms with Gasteiger partial charge >= 0.3 is 0 Å². The quantitative estimate of drug-likeness (QED) is 0.168. The van der Waals surface area contributed by atoms with E-state index < -0.39 is 0 Å². The molecule has 4 nitrogen and oxygen atoms in total. The molecule has 0 spiro atoms. The van der Waals surface area contributed by atoms with Crippen LogP contribution >= 0.6 is 0 Å². The fourth-order valence-corrected chi connectivity index (χ4v) is 8.88. The Bertz CT molecular complexity index is 3480. The van der Waals surface area contributed by atoms with Crippen LogP contribution in [0, 0.1) is 17.9 Å². The highest BCUT2D eigenvalue weighted by molar-refractivity contribution is 6.24. The van der Waals surface area contributed by atoms with Crippen LogP contribution in [0.3, 0.4) is 0 Å². The molecule has 0 N–H and O–H groups in total. The molecular weight excluding hydrogens is 681 g/mol. The van der Waals surface area contributed by atoms with Crippen LogP contribution in [0.15, 0.2) is 182 Å². The molecule has 0 atom stereocenters. The summed E-state index contributed by atoms with van der Waals surface area (Å²) in [7, 11) is 0. The van der Waals surface area contributed by atoms with E-state index in [2.05, 4.69) is 178 Å². The Morgan fingerprint density at radius 1 is 0.429 bits per heavy atom. The third-order valence-corrected chi connectivity index (χ3v) is 11.4. The predicted octanol–water partition coefficient (Wildman–Crippen LogP) is 13.9. The summed E-state index contributed by atoms with van der Waals surface area (Å²) in [5.41, 5.74) is 10.6. The number of hydrogen-bond donors (Lipinski definition) is 0. The summed E-state index contributed by atoms with van der Waals surface area (Å²) in [6.45, 7) is 8.88. The van der Waals surface area contributed by atoms with E-state index in [0.717, 1.165) is 93.1 Å². The topological polar surface area (TPSA) is 38.0 Å². The molecular formula is C52H30N4. The summed E-state index contributed by atoms with van der Waals surface area (Å²) in [4.78, 5) is 4.33. The molecule has 258 valence electrons. The molecule has 2 aromatic heterocycles. The van der Waals surface area contributed by atoms with Crippen molar-refractivity contribution in [1.82, 2.24) is 9.13 Å². The maximum Gasteiger partial charge on any atom is 0.235 e. The molecule has 0 unspecified atom stereocenters. The summed E-state index contributed by atoms with van der Waals surface area (Å²) in [5, 5.41) is 19.8. The Hall–Kier alpha value is -7.92. The van der Waals surface area contributed by atoms with Crippen LogP contribution in [0.5, 0.6) is 0 Å². The van der Waals surface area contributed by atoms with E-state index in [1.54, 1.807) is 0 Å². The summed E-state index contributed by atoms with van der Waals surface area (Å²) in [6.07, 6.45) is 0. The van der Waals surface area contributed by atoms with Crippen molar-refractivity contribution in [2.24, 2.45) is 0 Å². The van der Waals surface area contributed by atoms with Crippen molar-refractivity contribution < 1.29 is 0 Å². The molecule has 11 aromatic rings. The van der Waals surface area contributed by atoms with Crippen LogP contribution in [0.1, 0.15) is 5.56 Å². The Kier molecular flexibility index (Phi) is 6.95. The first-order chi connectivity index (χ1) is 27.7. The van der Waals surface area contributed by atoms with Gasteiger partial charge in [-0.25, -0.2) is 4.85 Å². The molecule has 0 amide bonds. The Labute approximate surface area is 322 Å². The van der Waals surface area contributed by atoms with Crippen LogP contribution < -0.4 is 0 Å². The highest BCUT2D eigenvalue weighted by Crippen LogP contribution is 2.46. The van der Waals surface area contributed by atoms with Gasteiger partial charge in [-0.05, 0) is 92.3 Å². The number of fused-ring (bicyclic) bond motifs is 10. The first-order valence-corrected chi connectivity index (χ1v) is 18.7.